The second kappa shape index (κ2) is 4.25. The summed E-state index contributed by atoms with van der Waals surface area (Å²) in [6, 6.07) is 0. The van der Waals surface area contributed by atoms with E-state index in [4.69, 9.17) is 17.3 Å². The molecule has 17 heavy (non-hydrogen) atoms. The number of nitrogens with two attached hydrogens (primary N) is 1. The lowest BCUT2D eigenvalue weighted by atomic mass is 10.1. The minimum Gasteiger partial charge on any atom is -0.369 e. The molecule has 0 radical (unpaired) electrons. The molecule has 1 saturated heterocycles. The first-order chi connectivity index (χ1) is 8.00. The third kappa shape index (κ3) is 2.05. The van der Waals surface area contributed by atoms with Gasteiger partial charge in [0.15, 0.2) is 11.0 Å². The molecule has 0 spiro atoms. The van der Waals surface area contributed by atoms with Gasteiger partial charge in [-0.05, 0) is 0 Å². The molecule has 0 saturated carbocycles. The monoisotopic (exact) mass is 258 g/mol. The Labute approximate surface area is 101 Å². The number of halogens is 2. The van der Waals surface area contributed by atoms with E-state index in [2.05, 4.69) is 9.97 Å². The Hall–Kier alpha value is -1.76. The minimum absolute atomic E-state index is 0.0123. The van der Waals surface area contributed by atoms with Gasteiger partial charge < -0.3 is 5.73 Å². The van der Waals surface area contributed by atoms with Gasteiger partial charge in [0.05, 0.1) is 5.92 Å². The molecule has 1 aromatic rings. The van der Waals surface area contributed by atoms with Crippen molar-refractivity contribution in [1.82, 2.24) is 9.97 Å². The number of aromatic nitrogens is 2. The second-order valence-electron chi connectivity index (χ2n) is 3.61. The highest BCUT2D eigenvalue weighted by Gasteiger charge is 2.36. The Morgan fingerprint density at radius 3 is 2.88 bits per heavy atom. The van der Waals surface area contributed by atoms with Crippen LogP contribution in [0.5, 0.6) is 0 Å². The lowest BCUT2D eigenvalue weighted by molar-refractivity contribution is -0.123. The topological polar surface area (TPSA) is 89.2 Å². The Morgan fingerprint density at radius 2 is 2.29 bits per heavy atom. The number of amides is 2. The Bertz CT molecular complexity index is 496. The first kappa shape index (κ1) is 11.7. The van der Waals surface area contributed by atoms with Crippen LogP contribution in [0, 0.1) is 11.7 Å². The van der Waals surface area contributed by atoms with Crippen LogP contribution >= 0.6 is 11.6 Å². The van der Waals surface area contributed by atoms with Gasteiger partial charge in [0.1, 0.15) is 6.33 Å². The van der Waals surface area contributed by atoms with Crippen LogP contribution in [0.15, 0.2) is 6.33 Å². The SMILES string of the molecule is NC(=O)C1CC(=O)N(c2ncnc(Cl)c2F)C1. The van der Waals surface area contributed by atoms with Crippen LogP contribution in [-0.2, 0) is 9.59 Å². The lowest BCUT2D eigenvalue weighted by Crippen LogP contribution is -2.29. The molecule has 1 unspecified atom stereocenters. The summed E-state index contributed by atoms with van der Waals surface area (Å²) in [7, 11) is 0. The Balaban J connectivity index is 2.32. The average molecular weight is 259 g/mol. The molecule has 2 N–H and O–H groups in total. The van der Waals surface area contributed by atoms with E-state index in [0.29, 0.717) is 0 Å². The van der Waals surface area contributed by atoms with Crippen LogP contribution in [0.4, 0.5) is 10.2 Å². The predicted molar refractivity (Wildman–Crippen MR) is 56.7 cm³/mol. The summed E-state index contributed by atoms with van der Waals surface area (Å²) in [5.41, 5.74) is 5.10. The van der Waals surface area contributed by atoms with Crippen LogP contribution in [0.1, 0.15) is 6.42 Å². The highest BCUT2D eigenvalue weighted by atomic mass is 35.5. The number of primary amides is 1. The zero-order valence-electron chi connectivity index (χ0n) is 8.56. The van der Waals surface area contributed by atoms with Gasteiger partial charge in [0.2, 0.25) is 17.6 Å². The molecule has 6 nitrogen and oxygen atoms in total. The van der Waals surface area contributed by atoms with Crippen molar-refractivity contribution in [3.8, 4) is 0 Å². The van der Waals surface area contributed by atoms with Gasteiger partial charge in [-0.3, -0.25) is 14.5 Å². The number of hydrogen-bond donors (Lipinski definition) is 1. The van der Waals surface area contributed by atoms with Gasteiger partial charge in [0.25, 0.3) is 0 Å². The first-order valence-electron chi connectivity index (χ1n) is 4.76. The van der Waals surface area contributed by atoms with Crippen LogP contribution in [0.2, 0.25) is 5.15 Å². The minimum atomic E-state index is -0.882. The average Bonchev–Trinajstić information content (AvgIpc) is 2.65. The molecule has 0 aromatic carbocycles. The molecule has 1 aromatic heterocycles. The van der Waals surface area contributed by atoms with E-state index in [1.54, 1.807) is 0 Å². The van der Waals surface area contributed by atoms with Gasteiger partial charge in [0, 0.05) is 13.0 Å². The van der Waals surface area contributed by atoms with E-state index < -0.39 is 23.5 Å². The zero-order chi connectivity index (χ0) is 12.6. The highest BCUT2D eigenvalue weighted by molar-refractivity contribution is 6.29. The maximum Gasteiger partial charge on any atom is 0.229 e. The van der Waals surface area contributed by atoms with E-state index in [1.165, 1.54) is 0 Å². The predicted octanol–water partition coefficient (Wildman–Crippen LogP) is 0.107. The molecule has 2 rings (SSSR count). The van der Waals surface area contributed by atoms with Crippen molar-refractivity contribution in [3.63, 3.8) is 0 Å². The first-order valence-corrected chi connectivity index (χ1v) is 5.14. The van der Waals surface area contributed by atoms with Crippen LogP contribution in [0.25, 0.3) is 0 Å². The Morgan fingerprint density at radius 1 is 1.59 bits per heavy atom. The van der Waals surface area contributed by atoms with Gasteiger partial charge in [-0.25, -0.2) is 9.97 Å². The summed E-state index contributed by atoms with van der Waals surface area (Å²) in [4.78, 5) is 30.7. The standard InChI is InChI=1S/C9H8ClFN4O2/c10-7-6(11)9(14-3-13-7)15-2-4(8(12)17)1-5(15)16/h3-4H,1-2H2,(H2,12,17). The third-order valence-electron chi connectivity index (χ3n) is 2.51. The lowest BCUT2D eigenvalue weighted by Gasteiger charge is -2.15. The molecule has 2 amide bonds. The number of rotatable bonds is 2. The van der Waals surface area contributed by atoms with E-state index >= 15 is 0 Å². The van der Waals surface area contributed by atoms with Crippen molar-refractivity contribution < 1.29 is 14.0 Å². The fourth-order valence-electron chi connectivity index (χ4n) is 1.63. The van der Waals surface area contributed by atoms with Crippen LogP contribution < -0.4 is 10.6 Å². The number of nitrogens with zero attached hydrogens (tertiary/aromatic N) is 3. The van der Waals surface area contributed by atoms with Crippen LogP contribution in [0.3, 0.4) is 0 Å². The van der Waals surface area contributed by atoms with E-state index in [1.807, 2.05) is 0 Å². The second-order valence-corrected chi connectivity index (χ2v) is 3.97. The highest BCUT2D eigenvalue weighted by Crippen LogP contribution is 2.27. The van der Waals surface area contributed by atoms with Crippen molar-refractivity contribution in [3.05, 3.63) is 17.3 Å². The number of carbonyl (C=O) groups excluding carboxylic acids is 2. The maximum atomic E-state index is 13.6. The molecule has 2 heterocycles. The summed E-state index contributed by atoms with van der Waals surface area (Å²) in [5.74, 6) is -2.74. The smallest absolute Gasteiger partial charge is 0.229 e. The van der Waals surface area contributed by atoms with Crippen molar-refractivity contribution in [2.24, 2.45) is 11.7 Å². The molecule has 0 bridgehead atoms. The maximum absolute atomic E-state index is 13.6. The fourth-order valence-corrected chi connectivity index (χ4v) is 1.76. The number of anilines is 1. The molecule has 1 fully saturated rings. The van der Waals surface area contributed by atoms with Crippen molar-refractivity contribution >= 4 is 29.2 Å². The molecular weight excluding hydrogens is 251 g/mol. The summed E-state index contributed by atoms with van der Waals surface area (Å²) in [5, 5.41) is -0.370. The molecule has 1 aliphatic rings. The van der Waals surface area contributed by atoms with Crippen molar-refractivity contribution in [2.75, 3.05) is 11.4 Å². The summed E-state index contributed by atoms with van der Waals surface area (Å²) < 4.78 is 13.6. The molecule has 1 atom stereocenters. The number of carbonyl (C=O) groups is 2. The van der Waals surface area contributed by atoms with Crippen molar-refractivity contribution in [1.29, 1.82) is 0 Å². The van der Waals surface area contributed by atoms with E-state index in [0.717, 1.165) is 11.2 Å². The Kier molecular flexibility index (Phi) is 2.93. The normalized spacial score (nSPS) is 19.8. The molecule has 90 valence electrons. The zero-order valence-corrected chi connectivity index (χ0v) is 9.32. The summed E-state index contributed by atoms with van der Waals surface area (Å²) in [6.07, 6.45) is 1.00. The largest absolute Gasteiger partial charge is 0.369 e. The van der Waals surface area contributed by atoms with Gasteiger partial charge in [-0.2, -0.15) is 4.39 Å². The molecule has 0 aliphatic carbocycles. The van der Waals surface area contributed by atoms with Gasteiger partial charge >= 0.3 is 0 Å². The molecule has 8 heteroatoms. The van der Waals surface area contributed by atoms with Crippen LogP contribution in [-0.4, -0.2) is 28.3 Å². The number of hydrogen-bond acceptors (Lipinski definition) is 4. The third-order valence-corrected chi connectivity index (χ3v) is 2.78. The van der Waals surface area contributed by atoms with E-state index in [-0.39, 0.29) is 23.9 Å². The molecule has 1 aliphatic heterocycles. The summed E-state index contributed by atoms with van der Waals surface area (Å²) in [6.45, 7) is 0.0123. The molecular formula is C9H8ClFN4O2. The quantitative estimate of drug-likeness (QED) is 0.763. The summed E-state index contributed by atoms with van der Waals surface area (Å²) >= 11 is 5.48. The van der Waals surface area contributed by atoms with Gasteiger partial charge in [-0.15, -0.1) is 0 Å². The van der Waals surface area contributed by atoms with E-state index in [9.17, 15) is 14.0 Å². The van der Waals surface area contributed by atoms with Crippen molar-refractivity contribution in [2.45, 2.75) is 6.42 Å². The van der Waals surface area contributed by atoms with Gasteiger partial charge in [-0.1, -0.05) is 11.6 Å². The fraction of sp³-hybridized carbons (Fsp3) is 0.333.